The molecule has 0 spiro atoms. The van der Waals surface area contributed by atoms with E-state index in [2.05, 4.69) is 0 Å². The van der Waals surface area contributed by atoms with Crippen molar-refractivity contribution in [3.05, 3.63) is 82.9 Å². The Labute approximate surface area is 183 Å². The van der Waals surface area contributed by atoms with Crippen molar-refractivity contribution in [3.63, 3.8) is 0 Å². The van der Waals surface area contributed by atoms with Crippen molar-refractivity contribution >= 4 is 22.0 Å². The molecular formula is C25H26O5S. The summed E-state index contributed by atoms with van der Waals surface area (Å²) in [6.07, 6.45) is 3.78. The van der Waals surface area contributed by atoms with Crippen LogP contribution in [-0.4, -0.2) is 29.7 Å². The van der Waals surface area contributed by atoms with Crippen LogP contribution in [0.25, 0.3) is 12.2 Å². The number of rotatable bonds is 8. The highest BCUT2D eigenvalue weighted by Crippen LogP contribution is 2.38. The van der Waals surface area contributed by atoms with E-state index in [0.717, 1.165) is 22.3 Å². The molecule has 0 bridgehead atoms. The Kier molecular flexibility index (Phi) is 7.02. The third-order valence-corrected chi connectivity index (χ3v) is 6.60. The zero-order valence-electron chi connectivity index (χ0n) is 18.1. The van der Waals surface area contributed by atoms with Crippen molar-refractivity contribution in [2.75, 3.05) is 21.3 Å². The number of ether oxygens (including phenoxy) is 3. The molecule has 0 aliphatic carbocycles. The van der Waals surface area contributed by atoms with E-state index < -0.39 is 9.84 Å². The maximum atomic E-state index is 12.9. The summed E-state index contributed by atoms with van der Waals surface area (Å²) in [5.74, 6) is 1.55. The topological polar surface area (TPSA) is 61.8 Å². The van der Waals surface area contributed by atoms with E-state index in [1.54, 1.807) is 33.5 Å². The lowest BCUT2D eigenvalue weighted by molar-refractivity contribution is 0.324. The second kappa shape index (κ2) is 9.71. The van der Waals surface area contributed by atoms with Crippen LogP contribution in [0.4, 0.5) is 0 Å². The lowest BCUT2D eigenvalue weighted by Crippen LogP contribution is -2.06. The van der Waals surface area contributed by atoms with Gasteiger partial charge in [-0.25, -0.2) is 8.42 Å². The van der Waals surface area contributed by atoms with E-state index in [0.29, 0.717) is 22.1 Å². The maximum Gasteiger partial charge on any atom is 0.203 e. The van der Waals surface area contributed by atoms with Gasteiger partial charge in [0.05, 0.1) is 32.0 Å². The molecule has 0 heterocycles. The van der Waals surface area contributed by atoms with Gasteiger partial charge in [-0.1, -0.05) is 54.1 Å². The van der Waals surface area contributed by atoms with Crippen molar-refractivity contribution in [2.45, 2.75) is 17.6 Å². The van der Waals surface area contributed by atoms with Crippen molar-refractivity contribution in [2.24, 2.45) is 0 Å². The number of hydrogen-bond acceptors (Lipinski definition) is 5. The molecule has 6 heteroatoms. The van der Waals surface area contributed by atoms with Crippen molar-refractivity contribution in [1.82, 2.24) is 0 Å². The van der Waals surface area contributed by atoms with Crippen LogP contribution in [0.2, 0.25) is 0 Å². The first kappa shape index (κ1) is 22.4. The molecule has 0 fully saturated rings. The Balaban J connectivity index is 1.92. The summed E-state index contributed by atoms with van der Waals surface area (Å²) in [4.78, 5) is 0.321. The first-order chi connectivity index (χ1) is 14.9. The fourth-order valence-electron chi connectivity index (χ4n) is 3.25. The van der Waals surface area contributed by atoms with Gasteiger partial charge in [0.1, 0.15) is 0 Å². The first-order valence-corrected chi connectivity index (χ1v) is 11.4. The smallest absolute Gasteiger partial charge is 0.203 e. The zero-order valence-corrected chi connectivity index (χ0v) is 18.9. The largest absolute Gasteiger partial charge is 0.493 e. The van der Waals surface area contributed by atoms with Crippen molar-refractivity contribution < 1.29 is 22.6 Å². The lowest BCUT2D eigenvalue weighted by atomic mass is 10.1. The fraction of sp³-hybridized carbons (Fsp3) is 0.200. The highest BCUT2D eigenvalue weighted by atomic mass is 32.2. The summed E-state index contributed by atoms with van der Waals surface area (Å²) < 4.78 is 42.0. The Morgan fingerprint density at radius 2 is 1.42 bits per heavy atom. The van der Waals surface area contributed by atoms with Crippen molar-refractivity contribution in [3.8, 4) is 17.2 Å². The zero-order chi connectivity index (χ0) is 22.4. The second-order valence-corrected chi connectivity index (χ2v) is 9.05. The Hall–Kier alpha value is -3.25. The van der Waals surface area contributed by atoms with Crippen LogP contribution in [-0.2, 0) is 15.6 Å². The molecule has 0 saturated heterocycles. The fourth-order valence-corrected chi connectivity index (χ4v) is 4.64. The molecule has 3 aromatic rings. The van der Waals surface area contributed by atoms with Gasteiger partial charge < -0.3 is 14.2 Å². The summed E-state index contributed by atoms with van der Waals surface area (Å²) in [6, 6.07) is 18.1. The average molecular weight is 439 g/mol. The normalized spacial score (nSPS) is 11.5. The monoisotopic (exact) mass is 438 g/mol. The van der Waals surface area contributed by atoms with E-state index in [9.17, 15) is 8.42 Å². The molecule has 0 aromatic heterocycles. The summed E-state index contributed by atoms with van der Waals surface area (Å²) >= 11 is 0. The van der Waals surface area contributed by atoms with Crippen LogP contribution >= 0.6 is 0 Å². The lowest BCUT2D eigenvalue weighted by Gasteiger charge is -2.13. The number of benzene rings is 3. The van der Waals surface area contributed by atoms with Gasteiger partial charge >= 0.3 is 0 Å². The van der Waals surface area contributed by atoms with E-state index >= 15 is 0 Å². The minimum atomic E-state index is -3.46. The van der Waals surface area contributed by atoms with Gasteiger partial charge in [0, 0.05) is 0 Å². The second-order valence-electron chi connectivity index (χ2n) is 7.06. The van der Waals surface area contributed by atoms with E-state index in [1.165, 1.54) is 0 Å². The quantitative estimate of drug-likeness (QED) is 0.454. The van der Waals surface area contributed by atoms with E-state index in [-0.39, 0.29) is 5.75 Å². The molecule has 3 rings (SSSR count). The highest BCUT2D eigenvalue weighted by Gasteiger charge is 2.17. The van der Waals surface area contributed by atoms with Gasteiger partial charge in [-0.3, -0.25) is 0 Å². The number of methoxy groups -OCH3 is 3. The maximum absolute atomic E-state index is 12.9. The molecule has 0 atom stereocenters. The van der Waals surface area contributed by atoms with Gasteiger partial charge in [0.15, 0.2) is 21.3 Å². The molecule has 0 amide bonds. The molecule has 162 valence electrons. The Bertz CT molecular complexity index is 1150. The molecule has 3 aromatic carbocycles. The molecule has 31 heavy (non-hydrogen) atoms. The minimum absolute atomic E-state index is 0.0776. The van der Waals surface area contributed by atoms with Gasteiger partial charge in [-0.05, 0) is 47.9 Å². The standard InChI is InChI=1S/C25H26O5S/c1-18-9-13-22(14-10-18)31(26,27)17-21-8-6-5-7-20(21)12-11-19-15-23(28-2)25(30-4)24(16-19)29-3/h5-16H,17H2,1-4H3/b12-11-. The SMILES string of the molecule is COc1cc(/C=C\c2ccccc2CS(=O)(=O)c2ccc(C)cc2)cc(OC)c1OC. The number of aryl methyl sites for hydroxylation is 1. The Morgan fingerprint density at radius 1 is 0.806 bits per heavy atom. The summed E-state index contributed by atoms with van der Waals surface area (Å²) in [5, 5.41) is 0. The van der Waals surface area contributed by atoms with Crippen LogP contribution in [0.5, 0.6) is 17.2 Å². The average Bonchev–Trinajstić information content (AvgIpc) is 2.77. The first-order valence-electron chi connectivity index (χ1n) is 9.73. The van der Waals surface area contributed by atoms with E-state index in [1.807, 2.05) is 67.6 Å². The number of sulfone groups is 1. The molecule has 5 nitrogen and oxygen atoms in total. The van der Waals surface area contributed by atoms with Crippen molar-refractivity contribution in [1.29, 1.82) is 0 Å². The summed E-state index contributed by atoms with van der Waals surface area (Å²) in [6.45, 7) is 1.93. The molecular weight excluding hydrogens is 412 g/mol. The third kappa shape index (κ3) is 5.27. The molecule has 0 aliphatic heterocycles. The van der Waals surface area contributed by atoms with Gasteiger partial charge in [-0.15, -0.1) is 0 Å². The van der Waals surface area contributed by atoms with Crippen LogP contribution in [0, 0.1) is 6.92 Å². The number of hydrogen-bond donors (Lipinski definition) is 0. The summed E-state index contributed by atoms with van der Waals surface area (Å²) in [5.41, 5.74) is 3.41. The Morgan fingerprint density at radius 3 is 2.00 bits per heavy atom. The van der Waals surface area contributed by atoms with Crippen LogP contribution in [0.15, 0.2) is 65.6 Å². The van der Waals surface area contributed by atoms with Crippen LogP contribution < -0.4 is 14.2 Å². The molecule has 0 radical (unpaired) electrons. The van der Waals surface area contributed by atoms with Gasteiger partial charge in [0.25, 0.3) is 0 Å². The van der Waals surface area contributed by atoms with Crippen LogP contribution in [0.1, 0.15) is 22.3 Å². The highest BCUT2D eigenvalue weighted by molar-refractivity contribution is 7.90. The molecule has 0 unspecified atom stereocenters. The summed E-state index contributed by atoms with van der Waals surface area (Å²) in [7, 11) is 1.23. The predicted octanol–water partition coefficient (Wildman–Crippen LogP) is 5.17. The molecule has 0 saturated carbocycles. The third-order valence-electron chi connectivity index (χ3n) is 4.92. The predicted molar refractivity (Wildman–Crippen MR) is 124 cm³/mol. The molecule has 0 aliphatic rings. The minimum Gasteiger partial charge on any atom is -0.493 e. The molecule has 0 N–H and O–H groups in total. The van der Waals surface area contributed by atoms with Gasteiger partial charge in [0.2, 0.25) is 5.75 Å². The van der Waals surface area contributed by atoms with E-state index in [4.69, 9.17) is 14.2 Å². The van der Waals surface area contributed by atoms with Gasteiger partial charge in [-0.2, -0.15) is 0 Å². The van der Waals surface area contributed by atoms with Crippen LogP contribution in [0.3, 0.4) is 0 Å².